The first-order chi connectivity index (χ1) is 8.59. The summed E-state index contributed by atoms with van der Waals surface area (Å²) in [5.74, 6) is 1.67. The number of hydrogen-bond donors (Lipinski definition) is 1. The fourth-order valence-corrected chi connectivity index (χ4v) is 2.40. The smallest absolute Gasteiger partial charge is 0.124 e. The molecule has 1 aliphatic rings. The third kappa shape index (κ3) is 2.85. The number of hydrogen-bond acceptors (Lipinski definition) is 3. The third-order valence-corrected chi connectivity index (χ3v) is 3.73. The van der Waals surface area contributed by atoms with Crippen molar-refractivity contribution in [3.8, 4) is 5.75 Å². The zero-order valence-corrected chi connectivity index (χ0v) is 11.6. The van der Waals surface area contributed by atoms with Crippen LogP contribution < -0.4 is 10.5 Å². The van der Waals surface area contributed by atoms with Crippen molar-refractivity contribution in [3.63, 3.8) is 0 Å². The number of nitrogens with zero attached hydrogens (tertiary/aromatic N) is 1. The van der Waals surface area contributed by atoms with Crippen LogP contribution in [0.15, 0.2) is 24.3 Å². The zero-order chi connectivity index (χ0) is 13.1. The first kappa shape index (κ1) is 13.4. The fourth-order valence-electron chi connectivity index (χ4n) is 2.40. The van der Waals surface area contributed by atoms with Gasteiger partial charge in [-0.05, 0) is 32.0 Å². The molecule has 0 aliphatic carbocycles. The van der Waals surface area contributed by atoms with Gasteiger partial charge in [0, 0.05) is 5.56 Å². The van der Waals surface area contributed by atoms with E-state index < -0.39 is 0 Å². The molecule has 0 fully saturated rings. The molecule has 0 spiro atoms. The molecule has 0 aromatic heterocycles. The predicted octanol–water partition coefficient (Wildman–Crippen LogP) is 2.43. The Balaban J connectivity index is 2.04. The monoisotopic (exact) mass is 248 g/mol. The van der Waals surface area contributed by atoms with E-state index in [4.69, 9.17) is 10.5 Å². The van der Waals surface area contributed by atoms with E-state index in [1.54, 1.807) is 0 Å². The Hall–Kier alpha value is -1.06. The van der Waals surface area contributed by atoms with Crippen LogP contribution in [0.4, 0.5) is 0 Å². The van der Waals surface area contributed by atoms with E-state index in [9.17, 15) is 0 Å². The van der Waals surface area contributed by atoms with Crippen LogP contribution >= 0.6 is 0 Å². The molecule has 100 valence electrons. The van der Waals surface area contributed by atoms with Crippen molar-refractivity contribution in [2.24, 2.45) is 11.7 Å². The molecule has 0 saturated carbocycles. The average Bonchev–Trinajstić information content (AvgIpc) is 2.37. The van der Waals surface area contributed by atoms with Crippen LogP contribution in [0.2, 0.25) is 0 Å². The van der Waals surface area contributed by atoms with Gasteiger partial charge in [-0.2, -0.15) is 0 Å². The summed E-state index contributed by atoms with van der Waals surface area (Å²) < 4.78 is 5.81. The Morgan fingerprint density at radius 3 is 2.83 bits per heavy atom. The SMILES string of the molecule is CC(C)CCN(C)C1COc2ccccc2C1N. The second kappa shape index (κ2) is 5.72. The summed E-state index contributed by atoms with van der Waals surface area (Å²) in [7, 11) is 2.14. The van der Waals surface area contributed by atoms with Gasteiger partial charge in [-0.1, -0.05) is 32.0 Å². The fraction of sp³-hybridized carbons (Fsp3) is 0.600. The first-order valence-corrected chi connectivity index (χ1v) is 6.77. The normalized spacial score (nSPS) is 23.0. The van der Waals surface area contributed by atoms with Crippen LogP contribution in [0.1, 0.15) is 31.9 Å². The van der Waals surface area contributed by atoms with Crippen LogP contribution in [-0.4, -0.2) is 31.1 Å². The maximum absolute atomic E-state index is 6.38. The maximum atomic E-state index is 6.38. The van der Waals surface area contributed by atoms with E-state index in [1.165, 1.54) is 6.42 Å². The molecular weight excluding hydrogens is 224 g/mol. The van der Waals surface area contributed by atoms with Gasteiger partial charge in [0.2, 0.25) is 0 Å². The summed E-state index contributed by atoms with van der Waals surface area (Å²) in [5.41, 5.74) is 7.51. The molecule has 1 aliphatic heterocycles. The van der Waals surface area contributed by atoms with E-state index >= 15 is 0 Å². The second-order valence-electron chi connectivity index (χ2n) is 5.61. The summed E-state index contributed by atoms with van der Waals surface area (Å²) in [4.78, 5) is 2.33. The number of fused-ring (bicyclic) bond motifs is 1. The maximum Gasteiger partial charge on any atom is 0.124 e. The molecule has 3 heteroatoms. The summed E-state index contributed by atoms with van der Waals surface area (Å²) in [6.07, 6.45) is 1.20. The van der Waals surface area contributed by atoms with Crippen LogP contribution in [0.3, 0.4) is 0 Å². The quantitative estimate of drug-likeness (QED) is 0.889. The number of para-hydroxylation sites is 1. The van der Waals surface area contributed by atoms with E-state index in [0.717, 1.165) is 23.8 Å². The van der Waals surface area contributed by atoms with Gasteiger partial charge in [0.05, 0.1) is 12.1 Å². The lowest BCUT2D eigenvalue weighted by molar-refractivity contribution is 0.115. The molecule has 1 heterocycles. The van der Waals surface area contributed by atoms with Gasteiger partial charge in [-0.3, -0.25) is 4.90 Å². The summed E-state index contributed by atoms with van der Waals surface area (Å²) in [6, 6.07) is 8.42. The van der Waals surface area contributed by atoms with Crippen molar-refractivity contribution in [1.29, 1.82) is 0 Å². The third-order valence-electron chi connectivity index (χ3n) is 3.73. The molecule has 2 N–H and O–H groups in total. The average molecular weight is 248 g/mol. The highest BCUT2D eigenvalue weighted by molar-refractivity contribution is 5.38. The molecule has 0 radical (unpaired) electrons. The van der Waals surface area contributed by atoms with Crippen molar-refractivity contribution < 1.29 is 4.74 Å². The minimum Gasteiger partial charge on any atom is -0.492 e. The van der Waals surface area contributed by atoms with Gasteiger partial charge in [0.1, 0.15) is 12.4 Å². The van der Waals surface area contributed by atoms with Gasteiger partial charge in [0.25, 0.3) is 0 Å². The number of likely N-dealkylation sites (N-methyl/N-ethyl adjacent to an activating group) is 1. The molecule has 1 aromatic carbocycles. The van der Waals surface area contributed by atoms with E-state index in [-0.39, 0.29) is 12.1 Å². The molecule has 2 rings (SSSR count). The van der Waals surface area contributed by atoms with Crippen LogP contribution in [0.5, 0.6) is 5.75 Å². The Morgan fingerprint density at radius 2 is 2.11 bits per heavy atom. The lowest BCUT2D eigenvalue weighted by Crippen LogP contribution is -2.47. The number of ether oxygens (including phenoxy) is 1. The minimum atomic E-state index is 0.0483. The van der Waals surface area contributed by atoms with Crippen molar-refractivity contribution >= 4 is 0 Å². The van der Waals surface area contributed by atoms with Gasteiger partial charge in [0.15, 0.2) is 0 Å². The summed E-state index contributed by atoms with van der Waals surface area (Å²) in [5, 5.41) is 0. The van der Waals surface area contributed by atoms with Gasteiger partial charge < -0.3 is 10.5 Å². The number of nitrogens with two attached hydrogens (primary N) is 1. The highest BCUT2D eigenvalue weighted by atomic mass is 16.5. The van der Waals surface area contributed by atoms with Gasteiger partial charge >= 0.3 is 0 Å². The van der Waals surface area contributed by atoms with Crippen molar-refractivity contribution in [2.45, 2.75) is 32.4 Å². The molecule has 0 amide bonds. The first-order valence-electron chi connectivity index (χ1n) is 6.77. The summed E-state index contributed by atoms with van der Waals surface area (Å²) in [6.45, 7) is 6.26. The molecule has 0 saturated heterocycles. The van der Waals surface area contributed by atoms with Gasteiger partial charge in [-0.25, -0.2) is 0 Å². The summed E-state index contributed by atoms with van der Waals surface area (Å²) >= 11 is 0. The highest BCUT2D eigenvalue weighted by Crippen LogP contribution is 2.32. The lowest BCUT2D eigenvalue weighted by atomic mass is 9.96. The Labute approximate surface area is 110 Å². The van der Waals surface area contributed by atoms with Crippen LogP contribution in [0, 0.1) is 5.92 Å². The Kier molecular flexibility index (Phi) is 4.25. The van der Waals surface area contributed by atoms with Crippen molar-refractivity contribution in [3.05, 3.63) is 29.8 Å². The zero-order valence-electron chi connectivity index (χ0n) is 11.6. The van der Waals surface area contributed by atoms with Crippen LogP contribution in [-0.2, 0) is 0 Å². The Morgan fingerprint density at radius 1 is 1.39 bits per heavy atom. The van der Waals surface area contributed by atoms with Crippen molar-refractivity contribution in [1.82, 2.24) is 4.90 Å². The van der Waals surface area contributed by atoms with E-state index in [0.29, 0.717) is 6.61 Å². The lowest BCUT2D eigenvalue weighted by Gasteiger charge is -2.37. The van der Waals surface area contributed by atoms with Gasteiger partial charge in [-0.15, -0.1) is 0 Å². The van der Waals surface area contributed by atoms with E-state index in [2.05, 4.69) is 31.9 Å². The molecule has 18 heavy (non-hydrogen) atoms. The standard InChI is InChI=1S/C15H24N2O/c1-11(2)8-9-17(3)13-10-18-14-7-5-4-6-12(14)15(13)16/h4-7,11,13,15H,8-10,16H2,1-3H3. The highest BCUT2D eigenvalue weighted by Gasteiger charge is 2.30. The Bertz CT molecular complexity index is 392. The predicted molar refractivity (Wildman–Crippen MR) is 74.7 cm³/mol. The second-order valence-corrected chi connectivity index (χ2v) is 5.61. The van der Waals surface area contributed by atoms with E-state index in [1.807, 2.05) is 18.2 Å². The molecular formula is C15H24N2O. The molecule has 0 bridgehead atoms. The number of benzene rings is 1. The van der Waals surface area contributed by atoms with Crippen molar-refractivity contribution in [2.75, 3.05) is 20.2 Å². The number of rotatable bonds is 4. The molecule has 2 atom stereocenters. The minimum absolute atomic E-state index is 0.0483. The molecule has 2 unspecified atom stereocenters. The molecule has 1 aromatic rings. The topological polar surface area (TPSA) is 38.5 Å². The van der Waals surface area contributed by atoms with Crippen LogP contribution in [0.25, 0.3) is 0 Å². The molecule has 3 nitrogen and oxygen atoms in total. The largest absolute Gasteiger partial charge is 0.492 e.